The van der Waals surface area contributed by atoms with Gasteiger partial charge in [-0.3, -0.25) is 4.79 Å². The maximum atomic E-state index is 12.6. The number of carbonyl (C=O) groups is 1. The first-order chi connectivity index (χ1) is 9.52. The van der Waals surface area contributed by atoms with Gasteiger partial charge in [-0.2, -0.15) is 0 Å². The van der Waals surface area contributed by atoms with Crippen molar-refractivity contribution in [1.29, 1.82) is 0 Å². The molecular weight excluding hydrogens is 314 g/mol. The van der Waals surface area contributed by atoms with Gasteiger partial charge >= 0.3 is 0 Å². The number of benzene rings is 1. The minimum atomic E-state index is 0.153. The van der Waals surface area contributed by atoms with E-state index in [9.17, 15) is 4.79 Å². The minimum absolute atomic E-state index is 0.153. The first kappa shape index (κ1) is 15.6. The zero-order valence-electron chi connectivity index (χ0n) is 12.7. The Morgan fingerprint density at radius 3 is 2.50 bits per heavy atom. The van der Waals surface area contributed by atoms with Gasteiger partial charge < -0.3 is 4.90 Å². The lowest BCUT2D eigenvalue weighted by Gasteiger charge is -2.34. The van der Waals surface area contributed by atoms with Crippen molar-refractivity contribution in [3.63, 3.8) is 0 Å². The monoisotopic (exact) mass is 337 g/mol. The van der Waals surface area contributed by atoms with Crippen LogP contribution in [0.5, 0.6) is 0 Å². The summed E-state index contributed by atoms with van der Waals surface area (Å²) in [5.74, 6) is 1.02. The lowest BCUT2D eigenvalue weighted by molar-refractivity contribution is 0.0674. The third-order valence-electron chi connectivity index (χ3n) is 4.67. The van der Waals surface area contributed by atoms with Crippen LogP contribution in [0.2, 0.25) is 0 Å². The zero-order chi connectivity index (χ0) is 14.7. The summed E-state index contributed by atoms with van der Waals surface area (Å²) in [6, 6.07) is 6.26. The maximum Gasteiger partial charge on any atom is 0.253 e. The Hall–Kier alpha value is -0.830. The highest BCUT2D eigenvalue weighted by atomic mass is 79.9. The van der Waals surface area contributed by atoms with Gasteiger partial charge in [0.05, 0.1) is 0 Å². The average Bonchev–Trinajstić information content (AvgIpc) is 2.48. The lowest BCUT2D eigenvalue weighted by Crippen LogP contribution is -2.39. The lowest BCUT2D eigenvalue weighted by atomic mass is 9.84. The van der Waals surface area contributed by atoms with Crippen LogP contribution in [0, 0.1) is 12.8 Å². The quantitative estimate of drug-likeness (QED) is 0.775. The fraction of sp³-hybridized carbons (Fsp3) is 0.588. The van der Waals surface area contributed by atoms with E-state index in [2.05, 4.69) is 22.9 Å². The van der Waals surface area contributed by atoms with Crippen molar-refractivity contribution in [1.82, 2.24) is 4.90 Å². The van der Waals surface area contributed by atoms with Crippen LogP contribution in [0.1, 0.15) is 54.9 Å². The summed E-state index contributed by atoms with van der Waals surface area (Å²) >= 11 is 3.48. The van der Waals surface area contributed by atoms with Crippen LogP contribution in [0.4, 0.5) is 0 Å². The number of halogens is 1. The van der Waals surface area contributed by atoms with Gasteiger partial charge in [-0.25, -0.2) is 0 Å². The summed E-state index contributed by atoms with van der Waals surface area (Å²) in [5, 5.41) is 0. The Labute approximate surface area is 130 Å². The Bertz CT molecular complexity index is 478. The number of carbonyl (C=O) groups excluding carboxylic acids is 1. The van der Waals surface area contributed by atoms with Crippen LogP contribution in [0.25, 0.3) is 0 Å². The largest absolute Gasteiger partial charge is 0.339 e. The first-order valence-corrected chi connectivity index (χ1v) is 8.35. The number of hydrogen-bond donors (Lipinski definition) is 0. The van der Waals surface area contributed by atoms with Gasteiger partial charge in [0.15, 0.2) is 0 Å². The van der Waals surface area contributed by atoms with Crippen LogP contribution >= 0.6 is 15.9 Å². The smallest absolute Gasteiger partial charge is 0.253 e. The highest BCUT2D eigenvalue weighted by molar-refractivity contribution is 9.10. The minimum Gasteiger partial charge on any atom is -0.339 e. The predicted octanol–water partition coefficient (Wildman–Crippen LogP) is 4.80. The molecule has 0 saturated heterocycles. The fourth-order valence-electron chi connectivity index (χ4n) is 3.09. The Morgan fingerprint density at radius 2 is 1.95 bits per heavy atom. The third kappa shape index (κ3) is 3.43. The molecule has 0 atom stereocenters. The third-order valence-corrected chi connectivity index (χ3v) is 5.56. The molecule has 110 valence electrons. The van der Waals surface area contributed by atoms with Crippen molar-refractivity contribution in [3.05, 3.63) is 33.8 Å². The number of hydrogen-bond acceptors (Lipinski definition) is 1. The molecule has 3 heteroatoms. The van der Waals surface area contributed by atoms with Crippen LogP contribution in [-0.2, 0) is 0 Å². The molecule has 1 aliphatic rings. The molecule has 1 saturated carbocycles. The molecule has 0 heterocycles. The molecule has 0 spiro atoms. The first-order valence-electron chi connectivity index (χ1n) is 7.56. The molecule has 0 aliphatic heterocycles. The Balaban J connectivity index is 2.03. The second kappa shape index (κ2) is 6.75. The molecule has 1 aromatic carbocycles. The Kier molecular flexibility index (Phi) is 5.25. The van der Waals surface area contributed by atoms with Gasteiger partial charge in [0, 0.05) is 23.1 Å². The maximum absolute atomic E-state index is 12.6. The van der Waals surface area contributed by atoms with Crippen LogP contribution in [-0.4, -0.2) is 23.9 Å². The van der Waals surface area contributed by atoms with Gasteiger partial charge in [-0.05, 0) is 62.3 Å². The summed E-state index contributed by atoms with van der Waals surface area (Å²) in [6.45, 7) is 4.29. The van der Waals surface area contributed by atoms with Crippen molar-refractivity contribution in [2.45, 2.75) is 52.0 Å². The number of aryl methyl sites for hydroxylation is 1. The summed E-state index contributed by atoms with van der Waals surface area (Å²) < 4.78 is 1.06. The van der Waals surface area contributed by atoms with E-state index in [1.165, 1.54) is 19.3 Å². The van der Waals surface area contributed by atoms with Crippen molar-refractivity contribution < 1.29 is 4.79 Å². The summed E-state index contributed by atoms with van der Waals surface area (Å²) in [7, 11) is 1.96. The molecular formula is C17H24BrNO. The summed E-state index contributed by atoms with van der Waals surface area (Å²) in [5.41, 5.74) is 1.91. The number of nitrogens with zero attached hydrogens (tertiary/aromatic N) is 1. The van der Waals surface area contributed by atoms with Crippen LogP contribution in [0.3, 0.4) is 0 Å². The Morgan fingerprint density at radius 1 is 1.30 bits per heavy atom. The van der Waals surface area contributed by atoms with Crippen LogP contribution in [0.15, 0.2) is 22.7 Å². The number of rotatable bonds is 3. The van der Waals surface area contributed by atoms with Gasteiger partial charge in [-0.15, -0.1) is 0 Å². The molecule has 1 amide bonds. The molecule has 0 radical (unpaired) electrons. The fourth-order valence-corrected chi connectivity index (χ4v) is 3.33. The van der Waals surface area contributed by atoms with Crippen molar-refractivity contribution >= 4 is 21.8 Å². The molecule has 0 N–H and O–H groups in total. The van der Waals surface area contributed by atoms with E-state index in [1.807, 2.05) is 37.1 Å². The van der Waals surface area contributed by atoms with E-state index in [4.69, 9.17) is 0 Å². The van der Waals surface area contributed by atoms with Crippen LogP contribution < -0.4 is 0 Å². The van der Waals surface area contributed by atoms with Gasteiger partial charge in [-0.1, -0.05) is 29.3 Å². The average molecular weight is 338 g/mol. The van der Waals surface area contributed by atoms with E-state index in [1.54, 1.807) is 0 Å². The van der Waals surface area contributed by atoms with E-state index in [0.29, 0.717) is 6.04 Å². The molecule has 1 aromatic rings. The van der Waals surface area contributed by atoms with Gasteiger partial charge in [0.2, 0.25) is 0 Å². The topological polar surface area (TPSA) is 20.3 Å². The molecule has 0 unspecified atom stereocenters. The standard InChI is InChI=1S/C17H24BrNO/c1-4-13-5-8-15(9-6-13)19(3)17(20)14-7-10-16(18)12(2)11-14/h7,10-11,13,15H,4-6,8-9H2,1-3H3. The summed E-state index contributed by atoms with van der Waals surface area (Å²) in [4.78, 5) is 14.5. The highest BCUT2D eigenvalue weighted by Gasteiger charge is 2.26. The molecule has 0 bridgehead atoms. The second-order valence-corrected chi connectivity index (χ2v) is 6.82. The number of amides is 1. The van der Waals surface area contributed by atoms with Gasteiger partial charge in [0.25, 0.3) is 5.91 Å². The van der Waals surface area contributed by atoms with E-state index < -0.39 is 0 Å². The van der Waals surface area contributed by atoms with Gasteiger partial charge in [0.1, 0.15) is 0 Å². The van der Waals surface area contributed by atoms with Crippen molar-refractivity contribution in [2.24, 2.45) is 5.92 Å². The molecule has 1 fully saturated rings. The summed E-state index contributed by atoms with van der Waals surface area (Å²) in [6.07, 6.45) is 6.10. The van der Waals surface area contributed by atoms with Crippen molar-refractivity contribution in [3.8, 4) is 0 Å². The molecule has 20 heavy (non-hydrogen) atoms. The predicted molar refractivity (Wildman–Crippen MR) is 87.0 cm³/mol. The molecule has 2 nitrogen and oxygen atoms in total. The second-order valence-electron chi connectivity index (χ2n) is 5.96. The van der Waals surface area contributed by atoms with E-state index in [-0.39, 0.29) is 5.91 Å². The molecule has 0 aromatic heterocycles. The van der Waals surface area contributed by atoms with E-state index >= 15 is 0 Å². The highest BCUT2D eigenvalue weighted by Crippen LogP contribution is 2.29. The molecule has 1 aliphatic carbocycles. The zero-order valence-corrected chi connectivity index (χ0v) is 14.2. The SMILES string of the molecule is CCC1CCC(N(C)C(=O)c2ccc(Br)c(C)c2)CC1. The van der Waals surface area contributed by atoms with E-state index in [0.717, 1.165) is 34.4 Å². The van der Waals surface area contributed by atoms with Crippen molar-refractivity contribution in [2.75, 3.05) is 7.05 Å². The molecule has 2 rings (SSSR count). The normalized spacial score (nSPS) is 22.6.